The predicted octanol–water partition coefficient (Wildman–Crippen LogP) is 3.46. The number of nitrogens with zero attached hydrogens (tertiary/aromatic N) is 2. The summed E-state index contributed by atoms with van der Waals surface area (Å²) < 4.78 is 26.4. The number of aromatic nitrogens is 2. The summed E-state index contributed by atoms with van der Waals surface area (Å²) >= 11 is 5.79. The van der Waals surface area contributed by atoms with Crippen molar-refractivity contribution in [2.75, 3.05) is 5.32 Å². The van der Waals surface area contributed by atoms with Gasteiger partial charge in [0.1, 0.15) is 17.3 Å². The second-order valence-electron chi connectivity index (χ2n) is 3.36. The number of rotatable bonds is 2. The average molecular weight is 256 g/mol. The topological polar surface area (TPSA) is 37.8 Å². The Morgan fingerprint density at radius 1 is 1.24 bits per heavy atom. The van der Waals surface area contributed by atoms with Crippen molar-refractivity contribution < 1.29 is 8.78 Å². The van der Waals surface area contributed by atoms with Crippen LogP contribution in [-0.2, 0) is 0 Å². The van der Waals surface area contributed by atoms with E-state index in [9.17, 15) is 8.78 Å². The van der Waals surface area contributed by atoms with E-state index in [1.807, 2.05) is 0 Å². The van der Waals surface area contributed by atoms with Crippen molar-refractivity contribution in [1.29, 1.82) is 0 Å². The molecule has 0 saturated heterocycles. The Labute approximate surface area is 101 Å². The summed E-state index contributed by atoms with van der Waals surface area (Å²) in [6, 6.07) is 3.85. The molecule has 3 nitrogen and oxygen atoms in total. The fraction of sp³-hybridized carbons (Fsp3) is 0.0909. The smallest absolute Gasteiger partial charge is 0.182 e. The van der Waals surface area contributed by atoms with Gasteiger partial charge in [0.05, 0.1) is 5.69 Å². The number of hydrogen-bond acceptors (Lipinski definition) is 3. The molecule has 0 aliphatic heterocycles. The second kappa shape index (κ2) is 4.63. The third-order valence-corrected chi connectivity index (χ3v) is 2.61. The van der Waals surface area contributed by atoms with E-state index >= 15 is 0 Å². The van der Waals surface area contributed by atoms with Gasteiger partial charge in [-0.2, -0.15) is 0 Å². The summed E-state index contributed by atoms with van der Waals surface area (Å²) in [4.78, 5) is 7.68. The number of anilines is 2. The van der Waals surface area contributed by atoms with Crippen molar-refractivity contribution in [1.82, 2.24) is 9.97 Å². The number of halogens is 3. The molecule has 0 saturated carbocycles. The molecule has 0 atom stereocenters. The Hall–Kier alpha value is -1.75. The zero-order valence-electron chi connectivity index (χ0n) is 8.84. The van der Waals surface area contributed by atoms with E-state index in [0.717, 1.165) is 6.07 Å². The minimum atomic E-state index is -0.957. The molecule has 0 radical (unpaired) electrons. The van der Waals surface area contributed by atoms with Crippen LogP contribution in [0.25, 0.3) is 0 Å². The molecule has 1 N–H and O–H groups in total. The average Bonchev–Trinajstić information content (AvgIpc) is 2.31. The molecule has 17 heavy (non-hydrogen) atoms. The molecule has 0 unspecified atom stereocenters. The van der Waals surface area contributed by atoms with E-state index in [1.54, 1.807) is 6.92 Å². The predicted molar refractivity (Wildman–Crippen MR) is 61.4 cm³/mol. The first-order valence-corrected chi connectivity index (χ1v) is 5.15. The zero-order valence-corrected chi connectivity index (χ0v) is 9.59. The maximum absolute atomic E-state index is 13.4. The van der Waals surface area contributed by atoms with Crippen LogP contribution in [0.15, 0.2) is 24.5 Å². The summed E-state index contributed by atoms with van der Waals surface area (Å²) in [5.41, 5.74) is 0.570. The first kappa shape index (κ1) is 11.7. The van der Waals surface area contributed by atoms with E-state index < -0.39 is 11.6 Å². The van der Waals surface area contributed by atoms with Crippen molar-refractivity contribution >= 4 is 23.1 Å². The Kier molecular flexibility index (Phi) is 3.19. The van der Waals surface area contributed by atoms with Crippen LogP contribution in [0.2, 0.25) is 5.15 Å². The maximum atomic E-state index is 13.4. The fourth-order valence-electron chi connectivity index (χ4n) is 1.28. The van der Waals surface area contributed by atoms with Crippen LogP contribution in [0.4, 0.5) is 20.3 Å². The van der Waals surface area contributed by atoms with Crippen LogP contribution >= 0.6 is 11.6 Å². The fourth-order valence-corrected chi connectivity index (χ4v) is 1.42. The second-order valence-corrected chi connectivity index (χ2v) is 3.72. The number of nitrogens with one attached hydrogen (secondary N) is 1. The van der Waals surface area contributed by atoms with Crippen LogP contribution in [-0.4, -0.2) is 9.97 Å². The van der Waals surface area contributed by atoms with E-state index in [2.05, 4.69) is 15.3 Å². The van der Waals surface area contributed by atoms with E-state index in [4.69, 9.17) is 11.6 Å². The molecule has 1 aromatic carbocycles. The maximum Gasteiger partial charge on any atom is 0.182 e. The molecule has 0 aliphatic carbocycles. The third-order valence-electron chi connectivity index (χ3n) is 2.23. The summed E-state index contributed by atoms with van der Waals surface area (Å²) in [6.45, 7) is 1.68. The molecule has 2 aromatic rings. The van der Waals surface area contributed by atoms with Crippen LogP contribution in [0.1, 0.15) is 5.56 Å². The van der Waals surface area contributed by atoms with Crippen LogP contribution in [0, 0.1) is 18.6 Å². The Morgan fingerprint density at radius 3 is 2.76 bits per heavy atom. The lowest BCUT2D eigenvalue weighted by molar-refractivity contribution is 0.511. The minimum Gasteiger partial charge on any atom is -0.337 e. The lowest BCUT2D eigenvalue weighted by atomic mass is 10.2. The van der Waals surface area contributed by atoms with Gasteiger partial charge in [-0.3, -0.25) is 0 Å². The Morgan fingerprint density at radius 2 is 2.00 bits per heavy atom. The van der Waals surface area contributed by atoms with Crippen LogP contribution in [0.3, 0.4) is 0 Å². The SMILES string of the molecule is Cc1c(Cl)ncnc1Nc1cccc(F)c1F. The van der Waals surface area contributed by atoms with Crippen molar-refractivity contribution in [3.8, 4) is 0 Å². The summed E-state index contributed by atoms with van der Waals surface area (Å²) in [5, 5.41) is 2.93. The molecular weight excluding hydrogens is 248 g/mol. The third kappa shape index (κ3) is 2.34. The molecule has 1 aromatic heterocycles. The summed E-state index contributed by atoms with van der Waals surface area (Å²) in [5.74, 6) is -1.54. The van der Waals surface area contributed by atoms with Gasteiger partial charge in [-0.05, 0) is 19.1 Å². The van der Waals surface area contributed by atoms with E-state index in [-0.39, 0.29) is 10.8 Å². The molecule has 88 valence electrons. The van der Waals surface area contributed by atoms with Gasteiger partial charge >= 0.3 is 0 Å². The van der Waals surface area contributed by atoms with Crippen LogP contribution in [0.5, 0.6) is 0 Å². The summed E-state index contributed by atoms with van der Waals surface area (Å²) in [7, 11) is 0. The Bertz CT molecular complexity index is 511. The molecular formula is C11H8ClF2N3. The van der Waals surface area contributed by atoms with Crippen LogP contribution < -0.4 is 5.32 Å². The van der Waals surface area contributed by atoms with Gasteiger partial charge in [0.15, 0.2) is 11.6 Å². The lowest BCUT2D eigenvalue weighted by Gasteiger charge is -2.09. The highest BCUT2D eigenvalue weighted by molar-refractivity contribution is 6.30. The quantitative estimate of drug-likeness (QED) is 0.835. The van der Waals surface area contributed by atoms with Gasteiger partial charge in [0.25, 0.3) is 0 Å². The van der Waals surface area contributed by atoms with Gasteiger partial charge in [-0.1, -0.05) is 17.7 Å². The Balaban J connectivity index is 2.38. The number of hydrogen-bond donors (Lipinski definition) is 1. The highest BCUT2D eigenvalue weighted by atomic mass is 35.5. The molecule has 0 spiro atoms. The molecule has 0 bridgehead atoms. The molecule has 0 aliphatic rings. The molecule has 0 fully saturated rings. The van der Waals surface area contributed by atoms with Crippen molar-refractivity contribution in [3.63, 3.8) is 0 Å². The van der Waals surface area contributed by atoms with E-state index in [1.165, 1.54) is 18.5 Å². The van der Waals surface area contributed by atoms with Gasteiger partial charge in [-0.25, -0.2) is 18.7 Å². The van der Waals surface area contributed by atoms with E-state index in [0.29, 0.717) is 11.4 Å². The van der Waals surface area contributed by atoms with Gasteiger partial charge in [0.2, 0.25) is 0 Å². The monoisotopic (exact) mass is 255 g/mol. The van der Waals surface area contributed by atoms with Crippen molar-refractivity contribution in [2.24, 2.45) is 0 Å². The first-order valence-electron chi connectivity index (χ1n) is 4.77. The van der Waals surface area contributed by atoms with Crippen molar-refractivity contribution in [3.05, 3.63) is 46.9 Å². The normalized spacial score (nSPS) is 10.4. The summed E-state index contributed by atoms with van der Waals surface area (Å²) in [6.07, 6.45) is 1.24. The van der Waals surface area contributed by atoms with Gasteiger partial charge in [-0.15, -0.1) is 0 Å². The standard InChI is InChI=1S/C11H8ClF2N3/c1-6-10(12)15-5-16-11(6)17-8-4-2-3-7(13)9(8)14/h2-5H,1H3,(H,15,16,17). The molecule has 2 rings (SSSR count). The highest BCUT2D eigenvalue weighted by Gasteiger charge is 2.10. The molecule has 0 amide bonds. The minimum absolute atomic E-state index is 0.00265. The van der Waals surface area contributed by atoms with Gasteiger partial charge in [0, 0.05) is 5.56 Å². The highest BCUT2D eigenvalue weighted by Crippen LogP contribution is 2.24. The molecule has 1 heterocycles. The van der Waals surface area contributed by atoms with Gasteiger partial charge < -0.3 is 5.32 Å². The largest absolute Gasteiger partial charge is 0.337 e. The lowest BCUT2D eigenvalue weighted by Crippen LogP contribution is -2.01. The zero-order chi connectivity index (χ0) is 12.4. The first-order chi connectivity index (χ1) is 8.09. The van der Waals surface area contributed by atoms with Crippen molar-refractivity contribution in [2.45, 2.75) is 6.92 Å². The molecule has 6 heteroatoms. The number of benzene rings is 1.